The normalized spacial score (nSPS) is 11.8. The monoisotopic (exact) mass is 476 g/mol. The fourth-order valence-electron chi connectivity index (χ4n) is 4.11. The molecular formula is C28H24N6O2. The van der Waals surface area contributed by atoms with E-state index < -0.39 is 11.9 Å². The van der Waals surface area contributed by atoms with E-state index in [4.69, 9.17) is 5.73 Å². The number of benzene rings is 3. The van der Waals surface area contributed by atoms with E-state index in [1.807, 2.05) is 79.1 Å². The fraction of sp³-hybridized carbons (Fsp3) is 0.107. The zero-order valence-electron chi connectivity index (χ0n) is 19.4. The fourth-order valence-corrected chi connectivity index (χ4v) is 4.11. The Balaban J connectivity index is 1.34. The predicted molar refractivity (Wildman–Crippen MR) is 137 cm³/mol. The number of fused-ring (bicyclic) bond motifs is 1. The van der Waals surface area contributed by atoms with E-state index in [1.165, 1.54) is 0 Å². The first-order valence-corrected chi connectivity index (χ1v) is 11.5. The quantitative estimate of drug-likeness (QED) is 0.356. The maximum Gasteiger partial charge on any atom is 0.252 e. The van der Waals surface area contributed by atoms with E-state index in [0.29, 0.717) is 18.5 Å². The molecule has 1 unspecified atom stereocenters. The summed E-state index contributed by atoms with van der Waals surface area (Å²) in [6.45, 7) is 0.341. The van der Waals surface area contributed by atoms with Crippen LogP contribution in [-0.4, -0.2) is 37.8 Å². The third-order valence-corrected chi connectivity index (χ3v) is 6.00. The molecule has 0 aliphatic heterocycles. The molecule has 0 bridgehead atoms. The van der Waals surface area contributed by atoms with Crippen LogP contribution in [0.15, 0.2) is 97.5 Å². The van der Waals surface area contributed by atoms with Crippen LogP contribution in [0.3, 0.4) is 0 Å². The first kappa shape index (κ1) is 22.9. The number of pyridine rings is 1. The zero-order chi connectivity index (χ0) is 24.9. The molecule has 3 aromatic carbocycles. The summed E-state index contributed by atoms with van der Waals surface area (Å²) >= 11 is 0. The van der Waals surface area contributed by atoms with Crippen molar-refractivity contribution in [2.24, 2.45) is 5.73 Å². The van der Waals surface area contributed by atoms with Crippen LogP contribution in [-0.2, 0) is 17.8 Å². The highest BCUT2D eigenvalue weighted by molar-refractivity contribution is 5.98. The van der Waals surface area contributed by atoms with Crippen LogP contribution >= 0.6 is 0 Å². The minimum atomic E-state index is -0.825. The number of nitrogens with zero attached hydrogens (tertiary/aromatic N) is 4. The van der Waals surface area contributed by atoms with Gasteiger partial charge in [-0.1, -0.05) is 65.9 Å². The number of nitrogens with one attached hydrogen (secondary N) is 1. The van der Waals surface area contributed by atoms with Crippen LogP contribution in [0.2, 0.25) is 0 Å². The van der Waals surface area contributed by atoms with Gasteiger partial charge in [0.2, 0.25) is 5.91 Å². The molecule has 0 spiro atoms. The van der Waals surface area contributed by atoms with E-state index in [-0.39, 0.29) is 5.91 Å². The molecule has 0 fully saturated rings. The van der Waals surface area contributed by atoms with Gasteiger partial charge in [0.15, 0.2) is 0 Å². The maximum absolute atomic E-state index is 13.1. The van der Waals surface area contributed by atoms with Gasteiger partial charge in [0.25, 0.3) is 5.91 Å². The highest BCUT2D eigenvalue weighted by atomic mass is 16.2. The Kier molecular flexibility index (Phi) is 6.48. The van der Waals surface area contributed by atoms with Crippen molar-refractivity contribution in [3.63, 3.8) is 0 Å². The second-order valence-corrected chi connectivity index (χ2v) is 8.51. The Morgan fingerprint density at radius 3 is 2.58 bits per heavy atom. The Morgan fingerprint density at radius 2 is 1.75 bits per heavy atom. The van der Waals surface area contributed by atoms with Gasteiger partial charge in [-0.3, -0.25) is 14.6 Å². The predicted octanol–water partition coefficient (Wildman–Crippen LogP) is 3.37. The summed E-state index contributed by atoms with van der Waals surface area (Å²) in [5, 5.41) is 13.5. The zero-order valence-corrected chi connectivity index (χ0v) is 19.4. The van der Waals surface area contributed by atoms with E-state index in [1.54, 1.807) is 23.0 Å². The van der Waals surface area contributed by atoms with Crippen LogP contribution in [0, 0.1) is 0 Å². The molecule has 36 heavy (non-hydrogen) atoms. The Morgan fingerprint density at radius 1 is 0.944 bits per heavy atom. The minimum absolute atomic E-state index is 0.318. The second kappa shape index (κ2) is 10.2. The van der Waals surface area contributed by atoms with Gasteiger partial charge in [0.05, 0.1) is 12.7 Å². The van der Waals surface area contributed by atoms with Crippen LogP contribution in [0.5, 0.6) is 0 Å². The summed E-state index contributed by atoms with van der Waals surface area (Å²) in [6.07, 6.45) is 5.74. The number of hydrogen-bond acceptors (Lipinski definition) is 5. The van der Waals surface area contributed by atoms with Crippen molar-refractivity contribution in [3.8, 4) is 11.3 Å². The molecule has 2 heterocycles. The van der Waals surface area contributed by atoms with E-state index in [9.17, 15) is 9.59 Å². The summed E-state index contributed by atoms with van der Waals surface area (Å²) in [4.78, 5) is 29.3. The van der Waals surface area contributed by atoms with E-state index in [0.717, 1.165) is 33.2 Å². The summed E-state index contributed by atoms with van der Waals surface area (Å²) in [7, 11) is 0. The lowest BCUT2D eigenvalue weighted by molar-refractivity contribution is -0.119. The average Bonchev–Trinajstić information content (AvgIpc) is 3.37. The highest BCUT2D eigenvalue weighted by Gasteiger charge is 2.21. The Hall–Kier alpha value is -4.85. The standard InChI is InChI=1S/C28H24N6O2/c29-27(35)25(14-19-6-2-1-3-7-19)31-28(36)24-9-5-4-8-23(24)17-34-18-26(32-33-34)21-10-11-22-16-30-13-12-20(22)15-21/h1-13,15-16,18,25H,14,17H2,(H2,29,35)(H,31,36). The third kappa shape index (κ3) is 5.12. The number of carbonyl (C=O) groups excluding carboxylic acids is 2. The molecule has 3 N–H and O–H groups in total. The summed E-state index contributed by atoms with van der Waals surface area (Å²) in [6, 6.07) is 23.8. The third-order valence-electron chi connectivity index (χ3n) is 6.00. The lowest BCUT2D eigenvalue weighted by Crippen LogP contribution is -2.46. The van der Waals surface area contributed by atoms with Crippen LogP contribution in [0.25, 0.3) is 22.0 Å². The molecular weight excluding hydrogens is 452 g/mol. The number of nitrogens with two attached hydrogens (primary N) is 1. The van der Waals surface area contributed by atoms with Crippen LogP contribution in [0.4, 0.5) is 0 Å². The van der Waals surface area contributed by atoms with Crippen molar-refractivity contribution < 1.29 is 9.59 Å². The topological polar surface area (TPSA) is 116 Å². The number of amides is 2. The summed E-state index contributed by atoms with van der Waals surface area (Å²) < 4.78 is 1.69. The first-order chi connectivity index (χ1) is 17.6. The smallest absolute Gasteiger partial charge is 0.252 e. The SMILES string of the molecule is NC(=O)C(Cc1ccccc1)NC(=O)c1ccccc1Cn1cc(-c2ccc3cnccc3c2)nn1. The lowest BCUT2D eigenvalue weighted by Gasteiger charge is -2.17. The number of aromatic nitrogens is 4. The lowest BCUT2D eigenvalue weighted by atomic mass is 10.0. The number of primary amides is 1. The largest absolute Gasteiger partial charge is 0.368 e. The molecule has 1 atom stereocenters. The molecule has 8 heteroatoms. The molecule has 2 aromatic heterocycles. The van der Waals surface area contributed by atoms with Crippen molar-refractivity contribution >= 4 is 22.6 Å². The van der Waals surface area contributed by atoms with Gasteiger partial charge in [-0.05, 0) is 34.7 Å². The average molecular weight is 477 g/mol. The number of carbonyl (C=O) groups is 2. The molecule has 0 aliphatic rings. The highest BCUT2D eigenvalue weighted by Crippen LogP contribution is 2.22. The van der Waals surface area contributed by atoms with Gasteiger partial charge in [0, 0.05) is 35.3 Å². The van der Waals surface area contributed by atoms with Crippen LogP contribution < -0.4 is 11.1 Å². The molecule has 178 valence electrons. The van der Waals surface area contributed by atoms with Crippen molar-refractivity contribution in [1.82, 2.24) is 25.3 Å². The van der Waals surface area contributed by atoms with Gasteiger partial charge >= 0.3 is 0 Å². The van der Waals surface area contributed by atoms with Crippen molar-refractivity contribution in [3.05, 3.63) is 114 Å². The minimum Gasteiger partial charge on any atom is -0.368 e. The van der Waals surface area contributed by atoms with E-state index in [2.05, 4.69) is 20.6 Å². The van der Waals surface area contributed by atoms with Crippen molar-refractivity contribution in [2.45, 2.75) is 19.0 Å². The Labute approximate surface area is 207 Å². The Bertz CT molecular complexity index is 1530. The van der Waals surface area contributed by atoms with Crippen LogP contribution in [0.1, 0.15) is 21.5 Å². The van der Waals surface area contributed by atoms with Crippen molar-refractivity contribution in [2.75, 3.05) is 0 Å². The van der Waals surface area contributed by atoms with Gasteiger partial charge < -0.3 is 11.1 Å². The maximum atomic E-state index is 13.1. The molecule has 2 amide bonds. The van der Waals surface area contributed by atoms with Gasteiger partial charge in [0.1, 0.15) is 11.7 Å². The summed E-state index contributed by atoms with van der Waals surface area (Å²) in [5.41, 5.74) is 9.37. The molecule has 0 saturated heterocycles. The van der Waals surface area contributed by atoms with Gasteiger partial charge in [-0.15, -0.1) is 5.10 Å². The van der Waals surface area contributed by atoms with Crippen molar-refractivity contribution in [1.29, 1.82) is 0 Å². The number of rotatable bonds is 8. The number of hydrogen-bond donors (Lipinski definition) is 2. The van der Waals surface area contributed by atoms with Gasteiger partial charge in [-0.2, -0.15) is 0 Å². The van der Waals surface area contributed by atoms with Gasteiger partial charge in [-0.25, -0.2) is 4.68 Å². The molecule has 0 aliphatic carbocycles. The first-order valence-electron chi connectivity index (χ1n) is 11.5. The molecule has 0 saturated carbocycles. The summed E-state index contributed by atoms with van der Waals surface area (Å²) in [5.74, 6) is -0.953. The second-order valence-electron chi connectivity index (χ2n) is 8.51. The molecule has 0 radical (unpaired) electrons. The molecule has 5 aromatic rings. The molecule has 5 rings (SSSR count). The van der Waals surface area contributed by atoms with E-state index >= 15 is 0 Å². The molecule has 8 nitrogen and oxygen atoms in total.